The highest BCUT2D eigenvalue weighted by atomic mass is 35.5. The Morgan fingerprint density at radius 2 is 2.08 bits per heavy atom. The zero-order valence-corrected chi connectivity index (χ0v) is 20.6. The first kappa shape index (κ1) is 22.9. The number of nitrogens with zero attached hydrogens (tertiary/aromatic N) is 4. The van der Waals surface area contributed by atoms with Gasteiger partial charge in [-0.1, -0.05) is 23.7 Å². The number of pyridine rings is 1. The number of carbonyl (C=O) groups is 1. The van der Waals surface area contributed by atoms with E-state index in [1.165, 1.54) is 6.20 Å². The summed E-state index contributed by atoms with van der Waals surface area (Å²) in [6.45, 7) is 1.02. The van der Waals surface area contributed by atoms with Crippen molar-refractivity contribution >= 4 is 39.9 Å². The van der Waals surface area contributed by atoms with Crippen molar-refractivity contribution in [2.24, 2.45) is 13.0 Å². The molecule has 3 aromatic heterocycles. The topological polar surface area (TPSA) is 109 Å². The van der Waals surface area contributed by atoms with Crippen LogP contribution in [0.3, 0.4) is 0 Å². The van der Waals surface area contributed by atoms with Crippen molar-refractivity contribution in [3.05, 3.63) is 65.7 Å². The van der Waals surface area contributed by atoms with Crippen molar-refractivity contribution in [2.45, 2.75) is 31.3 Å². The molecule has 9 nitrogen and oxygen atoms in total. The van der Waals surface area contributed by atoms with Gasteiger partial charge in [-0.25, -0.2) is 9.97 Å². The molecule has 0 spiro atoms. The first-order valence-electron chi connectivity index (χ1n) is 12.1. The van der Waals surface area contributed by atoms with E-state index in [1.807, 2.05) is 41.9 Å². The number of nitrogens with one attached hydrogen (secondary N) is 4. The van der Waals surface area contributed by atoms with E-state index in [4.69, 9.17) is 16.6 Å². The molecule has 1 saturated carbocycles. The number of carbonyl (C=O) groups excluding carboxylic acids is 1. The Bertz CT molecular complexity index is 1440. The highest BCUT2D eigenvalue weighted by Crippen LogP contribution is 2.30. The number of rotatable bonds is 5. The predicted octanol–water partition coefficient (Wildman–Crippen LogP) is 3.99. The van der Waals surface area contributed by atoms with Crippen molar-refractivity contribution in [3.8, 4) is 11.4 Å². The van der Waals surface area contributed by atoms with E-state index in [-0.39, 0.29) is 5.91 Å². The summed E-state index contributed by atoms with van der Waals surface area (Å²) in [6, 6.07) is 12.4. The number of anilines is 2. The van der Waals surface area contributed by atoms with Gasteiger partial charge in [0.15, 0.2) is 5.82 Å². The van der Waals surface area contributed by atoms with E-state index in [2.05, 4.69) is 31.5 Å². The third-order valence-electron chi connectivity index (χ3n) is 7.20. The number of amides is 1. The van der Waals surface area contributed by atoms with E-state index < -0.39 is 0 Å². The molecule has 0 bridgehead atoms. The fourth-order valence-corrected chi connectivity index (χ4v) is 5.44. The van der Waals surface area contributed by atoms with Crippen molar-refractivity contribution < 1.29 is 4.79 Å². The molecule has 2 fully saturated rings. The summed E-state index contributed by atoms with van der Waals surface area (Å²) < 4.78 is 1.87. The number of aromatic nitrogens is 4. The SMILES string of the molecule is Cn1c(C(=O)Nc2ccncc2Cl)cc2ccc(-c3nccc(NC4CCC5NNCC5C4)n3)cc21. The summed E-state index contributed by atoms with van der Waals surface area (Å²) >= 11 is 6.15. The van der Waals surface area contributed by atoms with Gasteiger partial charge in [-0.3, -0.25) is 20.6 Å². The summed E-state index contributed by atoms with van der Waals surface area (Å²) in [5, 5.41) is 7.83. The van der Waals surface area contributed by atoms with E-state index in [0.29, 0.717) is 40.2 Å². The highest BCUT2D eigenvalue weighted by molar-refractivity contribution is 6.33. The van der Waals surface area contributed by atoms with Crippen LogP contribution in [0.15, 0.2) is 55.0 Å². The van der Waals surface area contributed by atoms with Gasteiger partial charge in [-0.2, -0.15) is 0 Å². The van der Waals surface area contributed by atoms with E-state index in [9.17, 15) is 4.79 Å². The second kappa shape index (κ2) is 9.50. The van der Waals surface area contributed by atoms with Crippen LogP contribution in [-0.2, 0) is 7.05 Å². The van der Waals surface area contributed by atoms with Crippen LogP contribution in [0.5, 0.6) is 0 Å². The Hall–Kier alpha value is -3.53. The van der Waals surface area contributed by atoms with Gasteiger partial charge in [0.1, 0.15) is 11.5 Å². The minimum atomic E-state index is -0.242. The van der Waals surface area contributed by atoms with Gasteiger partial charge in [-0.15, -0.1) is 0 Å². The molecule has 6 rings (SSSR count). The van der Waals surface area contributed by atoms with E-state index >= 15 is 0 Å². The Morgan fingerprint density at radius 1 is 1.17 bits per heavy atom. The van der Waals surface area contributed by atoms with Crippen LogP contribution in [0.2, 0.25) is 5.02 Å². The number of hydrogen-bond donors (Lipinski definition) is 4. The number of aryl methyl sites for hydroxylation is 1. The molecule has 3 atom stereocenters. The molecule has 4 heterocycles. The zero-order chi connectivity index (χ0) is 24.6. The molecule has 0 radical (unpaired) electrons. The van der Waals surface area contributed by atoms with Gasteiger partial charge in [-0.05, 0) is 49.4 Å². The molecule has 1 amide bonds. The molecule has 10 heteroatoms. The van der Waals surface area contributed by atoms with Crippen LogP contribution in [0.1, 0.15) is 29.8 Å². The lowest BCUT2D eigenvalue weighted by molar-refractivity contribution is 0.101. The number of benzene rings is 1. The molecule has 2 aliphatic rings. The van der Waals surface area contributed by atoms with Gasteiger partial charge < -0.3 is 15.2 Å². The normalized spacial score (nSPS) is 21.3. The van der Waals surface area contributed by atoms with Crippen molar-refractivity contribution in [1.82, 2.24) is 30.4 Å². The minimum Gasteiger partial charge on any atom is -0.367 e. The molecule has 3 unspecified atom stereocenters. The number of hydrazine groups is 1. The molecule has 4 N–H and O–H groups in total. The predicted molar refractivity (Wildman–Crippen MR) is 141 cm³/mol. The van der Waals surface area contributed by atoms with Crippen LogP contribution >= 0.6 is 11.6 Å². The Balaban J connectivity index is 1.22. The van der Waals surface area contributed by atoms with Gasteiger partial charge >= 0.3 is 0 Å². The Labute approximate surface area is 213 Å². The molecule has 4 aromatic rings. The van der Waals surface area contributed by atoms with Gasteiger partial charge in [0.25, 0.3) is 5.91 Å². The standard InChI is InChI=1S/C26H27ClN8O/c1-35-22-12-16(3-2-15(22)11-23(35)26(36)32-21-6-8-28-14-19(21)27)25-29-9-7-24(33-25)31-18-4-5-20-17(10-18)13-30-34-20/h2-3,6-9,11-12,14,17-18,20,30,34H,4-5,10,13H2,1H3,(H,28,32,36)(H,29,31,33). The molecular formula is C26H27ClN8O. The van der Waals surface area contributed by atoms with Gasteiger partial charge in [0.05, 0.1) is 10.7 Å². The molecule has 1 saturated heterocycles. The second-order valence-electron chi connectivity index (χ2n) is 9.48. The second-order valence-corrected chi connectivity index (χ2v) is 9.89. The van der Waals surface area contributed by atoms with Crippen LogP contribution in [0.4, 0.5) is 11.5 Å². The van der Waals surface area contributed by atoms with Crippen LogP contribution < -0.4 is 21.5 Å². The molecule has 36 heavy (non-hydrogen) atoms. The Kier molecular flexibility index (Phi) is 6.04. The van der Waals surface area contributed by atoms with Gasteiger partial charge in [0, 0.05) is 60.7 Å². The molecule has 1 aliphatic heterocycles. The first-order valence-corrected chi connectivity index (χ1v) is 12.5. The van der Waals surface area contributed by atoms with Crippen molar-refractivity contribution in [2.75, 3.05) is 17.2 Å². The van der Waals surface area contributed by atoms with E-state index in [0.717, 1.165) is 48.1 Å². The maximum atomic E-state index is 13.0. The fourth-order valence-electron chi connectivity index (χ4n) is 5.27. The van der Waals surface area contributed by atoms with Crippen molar-refractivity contribution in [1.29, 1.82) is 0 Å². The molecular weight excluding hydrogens is 476 g/mol. The maximum absolute atomic E-state index is 13.0. The first-order chi connectivity index (χ1) is 17.5. The molecule has 1 aliphatic carbocycles. The van der Waals surface area contributed by atoms with Crippen molar-refractivity contribution in [3.63, 3.8) is 0 Å². The molecule has 184 valence electrons. The number of halogens is 1. The maximum Gasteiger partial charge on any atom is 0.272 e. The highest BCUT2D eigenvalue weighted by Gasteiger charge is 2.33. The smallest absolute Gasteiger partial charge is 0.272 e. The quantitative estimate of drug-likeness (QED) is 0.326. The summed E-state index contributed by atoms with van der Waals surface area (Å²) in [6.07, 6.45) is 8.27. The lowest BCUT2D eigenvalue weighted by atomic mass is 9.83. The zero-order valence-electron chi connectivity index (χ0n) is 19.8. The third kappa shape index (κ3) is 4.41. The van der Waals surface area contributed by atoms with E-state index in [1.54, 1.807) is 18.5 Å². The lowest BCUT2D eigenvalue weighted by Gasteiger charge is -2.31. The average molecular weight is 503 g/mol. The monoisotopic (exact) mass is 502 g/mol. The lowest BCUT2D eigenvalue weighted by Crippen LogP contribution is -2.39. The molecule has 1 aromatic carbocycles. The fraction of sp³-hybridized carbons (Fsp3) is 0.308. The minimum absolute atomic E-state index is 0.242. The summed E-state index contributed by atoms with van der Waals surface area (Å²) in [7, 11) is 1.87. The van der Waals surface area contributed by atoms with Crippen LogP contribution in [0.25, 0.3) is 22.3 Å². The summed E-state index contributed by atoms with van der Waals surface area (Å²) in [5.74, 6) is 1.89. The Morgan fingerprint density at radius 3 is 2.97 bits per heavy atom. The third-order valence-corrected chi connectivity index (χ3v) is 7.50. The number of fused-ring (bicyclic) bond motifs is 2. The average Bonchev–Trinajstić information content (AvgIpc) is 3.49. The number of hydrogen-bond acceptors (Lipinski definition) is 7. The largest absolute Gasteiger partial charge is 0.367 e. The van der Waals surface area contributed by atoms with Crippen LogP contribution in [-0.4, -0.2) is 44.1 Å². The van der Waals surface area contributed by atoms with Crippen LogP contribution in [0, 0.1) is 5.92 Å². The summed E-state index contributed by atoms with van der Waals surface area (Å²) in [5.41, 5.74) is 9.52. The summed E-state index contributed by atoms with van der Waals surface area (Å²) in [4.78, 5) is 26.2. The van der Waals surface area contributed by atoms with Gasteiger partial charge in [0.2, 0.25) is 0 Å².